The number of nitrogens with one attached hydrogen (secondary N) is 1. The van der Waals surface area contributed by atoms with Crippen LogP contribution in [0.2, 0.25) is 0 Å². The lowest BCUT2D eigenvalue weighted by molar-refractivity contribution is 0.108. The maximum atomic E-state index is 13.7. The predicted octanol–water partition coefficient (Wildman–Crippen LogP) is 7.71. The number of alkyl halides is 1. The van der Waals surface area contributed by atoms with E-state index in [0.29, 0.717) is 6.54 Å². The molecule has 198 valence electrons. The molecule has 2 heterocycles. The number of hydrogen-bond acceptors (Lipinski definition) is 4. The van der Waals surface area contributed by atoms with Gasteiger partial charge < -0.3 is 19.5 Å². The summed E-state index contributed by atoms with van der Waals surface area (Å²) in [5.74, 6) is 2.49. The van der Waals surface area contributed by atoms with Gasteiger partial charge >= 0.3 is 0 Å². The summed E-state index contributed by atoms with van der Waals surface area (Å²) in [6.07, 6.45) is 9.73. The number of ether oxygens (including phenoxy) is 1. The van der Waals surface area contributed by atoms with Crippen molar-refractivity contribution in [3.8, 4) is 11.3 Å². The van der Waals surface area contributed by atoms with Gasteiger partial charge in [-0.15, -0.1) is 11.6 Å². The lowest BCUT2D eigenvalue weighted by Crippen LogP contribution is -2.38. The number of nitrogens with zero attached hydrogens (tertiary/aromatic N) is 3. The Balaban J connectivity index is 1.43. The van der Waals surface area contributed by atoms with Gasteiger partial charge in [-0.3, -0.25) is 0 Å². The van der Waals surface area contributed by atoms with Crippen LogP contribution in [0.5, 0.6) is 0 Å². The first-order chi connectivity index (χ1) is 18.4. The Hall–Kier alpha value is -3.51. The Morgan fingerprint density at radius 1 is 1.18 bits per heavy atom. The van der Waals surface area contributed by atoms with Crippen LogP contribution in [0.3, 0.4) is 0 Å². The molecule has 1 aliphatic heterocycles. The van der Waals surface area contributed by atoms with Crippen LogP contribution in [0, 0.1) is 12.7 Å². The second-order valence-electron chi connectivity index (χ2n) is 9.74. The molecule has 1 aliphatic carbocycles. The number of anilines is 2. The van der Waals surface area contributed by atoms with E-state index in [-0.39, 0.29) is 17.3 Å². The van der Waals surface area contributed by atoms with Crippen molar-refractivity contribution in [3.05, 3.63) is 101 Å². The Labute approximate surface area is 229 Å². The molecular weight excluding hydrogens is 499 g/mol. The first-order valence-corrected chi connectivity index (χ1v) is 13.7. The molecule has 0 saturated heterocycles. The van der Waals surface area contributed by atoms with Gasteiger partial charge in [0.25, 0.3) is 0 Å². The number of aryl methyl sites for hydroxylation is 1. The summed E-state index contributed by atoms with van der Waals surface area (Å²) in [5, 5.41) is 3.62. The van der Waals surface area contributed by atoms with Gasteiger partial charge in [0.05, 0.1) is 17.6 Å². The number of aromatic nitrogens is 2. The highest BCUT2D eigenvalue weighted by atomic mass is 35.5. The number of halogens is 2. The second kappa shape index (κ2) is 11.5. The normalized spacial score (nSPS) is 18.1. The van der Waals surface area contributed by atoms with E-state index in [0.717, 1.165) is 66.0 Å². The van der Waals surface area contributed by atoms with E-state index in [2.05, 4.69) is 72.0 Å². The molecule has 0 fully saturated rings. The van der Waals surface area contributed by atoms with Crippen molar-refractivity contribution in [3.63, 3.8) is 0 Å². The van der Waals surface area contributed by atoms with Crippen LogP contribution >= 0.6 is 11.6 Å². The second-order valence-corrected chi connectivity index (χ2v) is 10.3. The molecule has 2 aromatic carbocycles. The van der Waals surface area contributed by atoms with Crippen molar-refractivity contribution >= 4 is 23.1 Å². The molecule has 5 nitrogen and oxygen atoms in total. The molecule has 0 radical (unpaired) electrons. The van der Waals surface area contributed by atoms with Gasteiger partial charge in [0, 0.05) is 24.3 Å². The molecule has 2 atom stereocenters. The summed E-state index contributed by atoms with van der Waals surface area (Å²) >= 11 is 6.20. The Morgan fingerprint density at radius 2 is 1.95 bits per heavy atom. The summed E-state index contributed by atoms with van der Waals surface area (Å²) in [6, 6.07) is 14.9. The fraction of sp³-hybridized carbons (Fsp3) is 0.323. The van der Waals surface area contributed by atoms with Crippen LogP contribution in [0.25, 0.3) is 11.3 Å². The molecule has 1 aromatic heterocycles. The SMILES string of the molecule is C/C=C(/C(CC)OC1=CCC(Cl)C=C1)N1CCn2c(nc(-c3ccc(F)cc3)c2Nc2ccc(C)cc2)C1. The summed E-state index contributed by atoms with van der Waals surface area (Å²) < 4.78 is 22.4. The topological polar surface area (TPSA) is 42.3 Å². The molecule has 0 bridgehead atoms. The van der Waals surface area contributed by atoms with E-state index in [1.54, 1.807) is 12.1 Å². The highest BCUT2D eigenvalue weighted by molar-refractivity contribution is 6.22. The largest absolute Gasteiger partial charge is 0.485 e. The molecule has 1 N–H and O–H groups in total. The molecule has 7 heteroatoms. The summed E-state index contributed by atoms with van der Waals surface area (Å²) in [5.41, 5.74) is 5.05. The third-order valence-corrected chi connectivity index (χ3v) is 7.38. The zero-order valence-electron chi connectivity index (χ0n) is 22.1. The van der Waals surface area contributed by atoms with Crippen LogP contribution in [-0.4, -0.2) is 32.5 Å². The van der Waals surface area contributed by atoms with Crippen molar-refractivity contribution in [2.45, 2.75) is 58.2 Å². The highest BCUT2D eigenvalue weighted by Gasteiger charge is 2.28. The monoisotopic (exact) mass is 532 g/mol. The molecule has 0 saturated carbocycles. The number of fused-ring (bicyclic) bond motifs is 1. The number of imidazole rings is 1. The average molecular weight is 533 g/mol. The van der Waals surface area contributed by atoms with E-state index in [4.69, 9.17) is 21.3 Å². The third kappa shape index (κ3) is 5.65. The number of hydrogen-bond donors (Lipinski definition) is 1. The number of rotatable bonds is 8. The van der Waals surface area contributed by atoms with E-state index in [9.17, 15) is 4.39 Å². The van der Waals surface area contributed by atoms with E-state index < -0.39 is 0 Å². The summed E-state index contributed by atoms with van der Waals surface area (Å²) in [7, 11) is 0. The zero-order chi connectivity index (χ0) is 26.6. The molecule has 5 rings (SSSR count). The maximum absolute atomic E-state index is 13.7. The number of allylic oxidation sites excluding steroid dienone is 4. The Kier molecular flexibility index (Phi) is 7.89. The Bertz CT molecular complexity index is 1360. The van der Waals surface area contributed by atoms with Crippen LogP contribution in [0.4, 0.5) is 15.9 Å². The van der Waals surface area contributed by atoms with Crippen LogP contribution in [-0.2, 0) is 17.8 Å². The molecule has 38 heavy (non-hydrogen) atoms. The van der Waals surface area contributed by atoms with Gasteiger partial charge in [-0.05, 0) is 75.2 Å². The fourth-order valence-corrected chi connectivity index (χ4v) is 5.17. The molecular formula is C31H34ClFN4O. The quantitative estimate of drug-likeness (QED) is 0.302. The number of benzene rings is 2. The maximum Gasteiger partial charge on any atom is 0.138 e. The van der Waals surface area contributed by atoms with Crippen LogP contribution in [0.15, 0.2) is 84.3 Å². The minimum Gasteiger partial charge on any atom is -0.485 e. The molecule has 2 unspecified atom stereocenters. The van der Waals surface area contributed by atoms with Gasteiger partial charge in [-0.1, -0.05) is 36.8 Å². The molecule has 3 aromatic rings. The zero-order valence-corrected chi connectivity index (χ0v) is 22.9. The van der Waals surface area contributed by atoms with Gasteiger partial charge in [0.15, 0.2) is 0 Å². The van der Waals surface area contributed by atoms with Crippen molar-refractivity contribution in [1.82, 2.24) is 14.5 Å². The fourth-order valence-electron chi connectivity index (χ4n) is 5.01. The molecule has 2 aliphatic rings. The predicted molar refractivity (Wildman–Crippen MR) is 153 cm³/mol. The lowest BCUT2D eigenvalue weighted by atomic mass is 10.1. The van der Waals surface area contributed by atoms with Gasteiger partial charge in [0.1, 0.15) is 35.0 Å². The van der Waals surface area contributed by atoms with Crippen molar-refractivity contribution in [2.75, 3.05) is 11.9 Å². The minimum atomic E-state index is -0.259. The van der Waals surface area contributed by atoms with E-state index in [1.165, 1.54) is 17.7 Å². The average Bonchev–Trinajstić information content (AvgIpc) is 3.28. The third-order valence-electron chi connectivity index (χ3n) is 7.06. The van der Waals surface area contributed by atoms with Gasteiger partial charge in [-0.2, -0.15) is 0 Å². The highest BCUT2D eigenvalue weighted by Crippen LogP contribution is 2.35. The lowest BCUT2D eigenvalue weighted by Gasteiger charge is -2.36. The van der Waals surface area contributed by atoms with Crippen LogP contribution < -0.4 is 5.32 Å². The van der Waals surface area contributed by atoms with Crippen molar-refractivity contribution in [2.24, 2.45) is 0 Å². The van der Waals surface area contributed by atoms with E-state index in [1.807, 2.05) is 12.2 Å². The molecule has 0 spiro atoms. The van der Waals surface area contributed by atoms with Crippen molar-refractivity contribution < 1.29 is 9.13 Å². The summed E-state index contributed by atoms with van der Waals surface area (Å²) in [6.45, 7) is 8.53. The first kappa shape index (κ1) is 26.1. The van der Waals surface area contributed by atoms with Gasteiger partial charge in [-0.25, -0.2) is 9.37 Å². The Morgan fingerprint density at radius 3 is 2.61 bits per heavy atom. The standard InChI is InChI=1S/C31H34ClFN4O/c1-4-27(28(5-2)38-26-16-10-23(32)11-17-26)36-18-19-37-29(20-36)35-30(22-8-12-24(33)13-9-22)31(37)34-25-14-6-21(3)7-15-25/h4,6-10,12-17,23,28,34H,5,11,18-20H2,1-3H3/b27-4-. The van der Waals surface area contributed by atoms with Crippen LogP contribution in [0.1, 0.15) is 38.1 Å². The summed E-state index contributed by atoms with van der Waals surface area (Å²) in [4.78, 5) is 7.43. The molecule has 0 amide bonds. The van der Waals surface area contributed by atoms with E-state index >= 15 is 0 Å². The minimum absolute atomic E-state index is 0.0302. The van der Waals surface area contributed by atoms with Crippen molar-refractivity contribution in [1.29, 1.82) is 0 Å². The smallest absolute Gasteiger partial charge is 0.138 e. The van der Waals surface area contributed by atoms with Gasteiger partial charge in [0.2, 0.25) is 0 Å². The first-order valence-electron chi connectivity index (χ1n) is 13.2.